The highest BCUT2D eigenvalue weighted by Gasteiger charge is 2.15. The van der Waals surface area contributed by atoms with E-state index in [1.807, 2.05) is 73.0 Å². The van der Waals surface area contributed by atoms with Gasteiger partial charge in [-0.25, -0.2) is 0 Å². The molecular formula is C25H23ClN4OS2. The number of anilines is 1. The van der Waals surface area contributed by atoms with E-state index in [-0.39, 0.29) is 11.7 Å². The number of thioether (sulfide) groups is 2. The zero-order valence-electron chi connectivity index (χ0n) is 18.1. The molecule has 4 aromatic rings. The molecule has 1 N–H and O–H groups in total. The number of amides is 1. The highest BCUT2D eigenvalue weighted by molar-refractivity contribution is 7.99. The fourth-order valence-corrected chi connectivity index (χ4v) is 4.64. The first-order valence-electron chi connectivity index (χ1n) is 10.4. The van der Waals surface area contributed by atoms with Crippen molar-refractivity contribution >= 4 is 46.7 Å². The summed E-state index contributed by atoms with van der Waals surface area (Å²) in [6.07, 6.45) is 2.67. The summed E-state index contributed by atoms with van der Waals surface area (Å²) in [6, 6.07) is 25.7. The Balaban J connectivity index is 1.49. The van der Waals surface area contributed by atoms with E-state index in [9.17, 15) is 4.79 Å². The van der Waals surface area contributed by atoms with Crippen molar-refractivity contribution in [1.82, 2.24) is 14.8 Å². The highest BCUT2D eigenvalue weighted by Crippen LogP contribution is 2.23. The first-order chi connectivity index (χ1) is 16.1. The smallest absolute Gasteiger partial charge is 0.234 e. The topological polar surface area (TPSA) is 59.8 Å². The van der Waals surface area contributed by atoms with Crippen LogP contribution in [0.15, 0.2) is 88.9 Å². The molecule has 1 amide bonds. The lowest BCUT2D eigenvalue weighted by Gasteiger charge is -2.11. The number of hydrogen-bond donors (Lipinski definition) is 1. The van der Waals surface area contributed by atoms with Gasteiger partial charge in [-0.2, -0.15) is 0 Å². The monoisotopic (exact) mass is 494 g/mol. The molecule has 168 valence electrons. The predicted molar refractivity (Wildman–Crippen MR) is 137 cm³/mol. The van der Waals surface area contributed by atoms with Gasteiger partial charge in [0.25, 0.3) is 0 Å². The lowest BCUT2D eigenvalue weighted by Crippen LogP contribution is -2.15. The van der Waals surface area contributed by atoms with Gasteiger partial charge in [-0.15, -0.1) is 22.0 Å². The predicted octanol–water partition coefficient (Wildman–Crippen LogP) is 6.02. The first-order valence-corrected chi connectivity index (χ1v) is 13.0. The Kier molecular flexibility index (Phi) is 8.10. The molecule has 0 saturated heterocycles. The highest BCUT2D eigenvalue weighted by atomic mass is 35.5. The Bertz CT molecular complexity index is 1210. The molecule has 0 spiro atoms. The van der Waals surface area contributed by atoms with Crippen molar-refractivity contribution in [3.05, 3.63) is 101 Å². The normalized spacial score (nSPS) is 10.8. The summed E-state index contributed by atoms with van der Waals surface area (Å²) >= 11 is 9.08. The molecule has 0 aliphatic heterocycles. The first kappa shape index (κ1) is 23.4. The standard InChI is InChI=1S/C25H23ClN4OS2/c1-32-22-9-5-8-21(15-22)27-24(31)17-33-25-29-28-23(14-18-6-3-2-4-7-18)30(25)16-19-10-12-20(26)13-11-19/h2-13,15H,14,16-17H2,1H3,(H,27,31). The van der Waals surface area contributed by atoms with Crippen LogP contribution in [0.2, 0.25) is 5.02 Å². The maximum Gasteiger partial charge on any atom is 0.234 e. The Labute approximate surface area is 207 Å². The van der Waals surface area contributed by atoms with Crippen LogP contribution in [0.5, 0.6) is 0 Å². The van der Waals surface area contributed by atoms with Gasteiger partial charge in [0.1, 0.15) is 5.82 Å². The molecule has 0 aliphatic carbocycles. The van der Waals surface area contributed by atoms with Crippen LogP contribution in [0.3, 0.4) is 0 Å². The minimum Gasteiger partial charge on any atom is -0.325 e. The number of hydrogen-bond acceptors (Lipinski definition) is 5. The number of aromatic nitrogens is 3. The summed E-state index contributed by atoms with van der Waals surface area (Å²) in [4.78, 5) is 13.7. The van der Waals surface area contributed by atoms with Gasteiger partial charge in [-0.05, 0) is 47.7 Å². The summed E-state index contributed by atoms with van der Waals surface area (Å²) in [7, 11) is 0. The Morgan fingerprint density at radius 2 is 1.76 bits per heavy atom. The lowest BCUT2D eigenvalue weighted by atomic mass is 10.1. The van der Waals surface area contributed by atoms with Gasteiger partial charge in [-0.3, -0.25) is 4.79 Å². The van der Waals surface area contributed by atoms with E-state index in [1.165, 1.54) is 11.8 Å². The average molecular weight is 495 g/mol. The van der Waals surface area contributed by atoms with Crippen molar-refractivity contribution in [2.75, 3.05) is 17.3 Å². The SMILES string of the molecule is CSc1cccc(NC(=O)CSc2nnc(Cc3ccccc3)n2Cc2ccc(Cl)cc2)c1. The van der Waals surface area contributed by atoms with E-state index in [0.29, 0.717) is 23.1 Å². The quantitative estimate of drug-likeness (QED) is 0.288. The van der Waals surface area contributed by atoms with E-state index in [4.69, 9.17) is 11.6 Å². The largest absolute Gasteiger partial charge is 0.325 e. The van der Waals surface area contributed by atoms with E-state index >= 15 is 0 Å². The summed E-state index contributed by atoms with van der Waals surface area (Å²) in [5.41, 5.74) is 3.04. The summed E-state index contributed by atoms with van der Waals surface area (Å²) in [5, 5.41) is 13.2. The van der Waals surface area contributed by atoms with E-state index in [2.05, 4.69) is 32.2 Å². The number of nitrogens with zero attached hydrogens (tertiary/aromatic N) is 3. The van der Waals surface area contributed by atoms with E-state index in [1.54, 1.807) is 11.8 Å². The average Bonchev–Trinajstić information content (AvgIpc) is 3.21. The molecule has 3 aromatic carbocycles. The Morgan fingerprint density at radius 3 is 2.52 bits per heavy atom. The molecule has 0 bridgehead atoms. The van der Waals surface area contributed by atoms with Gasteiger partial charge >= 0.3 is 0 Å². The lowest BCUT2D eigenvalue weighted by molar-refractivity contribution is -0.113. The number of halogens is 1. The molecule has 1 aromatic heterocycles. The third-order valence-electron chi connectivity index (χ3n) is 4.94. The van der Waals surface area contributed by atoms with Gasteiger partial charge in [0, 0.05) is 22.0 Å². The molecule has 0 saturated carbocycles. The Morgan fingerprint density at radius 1 is 0.970 bits per heavy atom. The number of carbonyl (C=O) groups is 1. The zero-order valence-corrected chi connectivity index (χ0v) is 20.5. The molecule has 0 radical (unpaired) electrons. The minimum atomic E-state index is -0.0797. The molecule has 0 unspecified atom stereocenters. The summed E-state index contributed by atoms with van der Waals surface area (Å²) < 4.78 is 2.07. The molecule has 0 fully saturated rings. The summed E-state index contributed by atoms with van der Waals surface area (Å²) in [6.45, 7) is 0.603. The molecule has 33 heavy (non-hydrogen) atoms. The molecule has 4 rings (SSSR count). The van der Waals surface area contributed by atoms with Gasteiger partial charge in [0.05, 0.1) is 12.3 Å². The molecule has 8 heteroatoms. The van der Waals surface area contributed by atoms with Crippen LogP contribution in [0, 0.1) is 0 Å². The third kappa shape index (κ3) is 6.63. The molecule has 5 nitrogen and oxygen atoms in total. The summed E-state index contributed by atoms with van der Waals surface area (Å²) in [5.74, 6) is 1.02. The van der Waals surface area contributed by atoms with Crippen molar-refractivity contribution in [1.29, 1.82) is 0 Å². The number of benzene rings is 3. The fourth-order valence-electron chi connectivity index (χ4n) is 3.29. The van der Waals surface area contributed by atoms with Crippen molar-refractivity contribution in [3.63, 3.8) is 0 Å². The maximum absolute atomic E-state index is 12.6. The van der Waals surface area contributed by atoms with E-state index < -0.39 is 0 Å². The van der Waals surface area contributed by atoms with Crippen molar-refractivity contribution < 1.29 is 4.79 Å². The zero-order chi connectivity index (χ0) is 23.0. The number of rotatable bonds is 9. The third-order valence-corrected chi connectivity index (χ3v) is 6.88. The van der Waals surface area contributed by atoms with Gasteiger partial charge in [0.15, 0.2) is 5.16 Å². The molecule has 1 heterocycles. The van der Waals surface area contributed by atoms with Crippen LogP contribution in [0.4, 0.5) is 5.69 Å². The van der Waals surface area contributed by atoms with Gasteiger partial charge in [0.2, 0.25) is 5.91 Å². The second-order valence-electron chi connectivity index (χ2n) is 7.34. The minimum absolute atomic E-state index is 0.0797. The van der Waals surface area contributed by atoms with Crippen molar-refractivity contribution in [2.24, 2.45) is 0 Å². The second-order valence-corrected chi connectivity index (χ2v) is 9.60. The second kappa shape index (κ2) is 11.4. The van der Waals surface area contributed by atoms with Crippen LogP contribution < -0.4 is 5.32 Å². The molecular weight excluding hydrogens is 472 g/mol. The van der Waals surface area contributed by atoms with Crippen LogP contribution >= 0.6 is 35.1 Å². The van der Waals surface area contributed by atoms with Crippen molar-refractivity contribution in [2.45, 2.75) is 23.0 Å². The number of nitrogens with one attached hydrogen (secondary N) is 1. The molecule has 0 aliphatic rings. The van der Waals surface area contributed by atoms with Crippen LogP contribution in [0.25, 0.3) is 0 Å². The van der Waals surface area contributed by atoms with Gasteiger partial charge in [-0.1, -0.05) is 71.9 Å². The van der Waals surface area contributed by atoms with Crippen LogP contribution in [0.1, 0.15) is 17.0 Å². The van der Waals surface area contributed by atoms with E-state index in [0.717, 1.165) is 27.5 Å². The van der Waals surface area contributed by atoms with Gasteiger partial charge < -0.3 is 9.88 Å². The van der Waals surface area contributed by atoms with Crippen molar-refractivity contribution in [3.8, 4) is 0 Å². The van der Waals surface area contributed by atoms with Crippen LogP contribution in [-0.2, 0) is 17.8 Å². The van der Waals surface area contributed by atoms with Crippen LogP contribution in [-0.4, -0.2) is 32.7 Å². The fraction of sp³-hybridized carbons (Fsp3) is 0.160. The maximum atomic E-state index is 12.6. The number of carbonyl (C=O) groups excluding carboxylic acids is 1. The Hall–Kier alpha value is -2.74. The molecule has 0 atom stereocenters.